The van der Waals surface area contributed by atoms with E-state index in [1.165, 1.54) is 77.0 Å². The number of amides is 1. The van der Waals surface area contributed by atoms with Gasteiger partial charge in [-0.15, -0.1) is 0 Å². The van der Waals surface area contributed by atoms with E-state index in [1.807, 2.05) is 0 Å². The zero-order chi connectivity index (χ0) is 29.8. The van der Waals surface area contributed by atoms with Crippen molar-refractivity contribution in [3.05, 3.63) is 0 Å². The lowest BCUT2D eigenvalue weighted by Gasteiger charge is -2.40. The van der Waals surface area contributed by atoms with Crippen LogP contribution in [-0.4, -0.2) is 110 Å². The van der Waals surface area contributed by atoms with Gasteiger partial charge in [0.25, 0.3) is 5.91 Å². The Balaban J connectivity index is 2.05. The Kier molecular flexibility index (Phi) is 21.1. The van der Waals surface area contributed by atoms with Crippen molar-refractivity contribution in [2.45, 2.75) is 159 Å². The summed E-state index contributed by atoms with van der Waals surface area (Å²) in [5.74, 6) is -0.819. The largest absolute Gasteiger partial charge is 0.394 e. The van der Waals surface area contributed by atoms with Crippen molar-refractivity contribution in [3.63, 3.8) is 0 Å². The number of ether oxygens (including phenoxy) is 2. The first-order chi connectivity index (χ1) is 19.2. The highest BCUT2D eigenvalue weighted by Crippen LogP contribution is 2.22. The van der Waals surface area contributed by atoms with E-state index in [9.17, 15) is 40.5 Å². The quantitative estimate of drug-likeness (QED) is 0.0773. The fourth-order valence-electron chi connectivity index (χ4n) is 4.85. The zero-order valence-corrected chi connectivity index (χ0v) is 24.4. The first-order valence-electron chi connectivity index (χ1n) is 15.5. The number of hydrogen-bond donors (Lipinski definition) is 8. The van der Waals surface area contributed by atoms with E-state index >= 15 is 0 Å². The van der Waals surface area contributed by atoms with Gasteiger partial charge in [-0.3, -0.25) is 4.79 Å². The van der Waals surface area contributed by atoms with E-state index in [1.54, 1.807) is 0 Å². The van der Waals surface area contributed by atoms with Crippen LogP contribution in [0.1, 0.15) is 110 Å². The van der Waals surface area contributed by atoms with Crippen molar-refractivity contribution in [1.82, 2.24) is 5.32 Å². The highest BCUT2D eigenvalue weighted by molar-refractivity contribution is 5.81. The van der Waals surface area contributed by atoms with Crippen LogP contribution in [0, 0.1) is 0 Å². The first kappa shape index (κ1) is 37.1. The number of aliphatic hydroxyl groups is 7. The highest BCUT2D eigenvalue weighted by atomic mass is 16.7. The van der Waals surface area contributed by atoms with Crippen molar-refractivity contribution in [1.29, 1.82) is 0 Å². The molecule has 1 fully saturated rings. The van der Waals surface area contributed by atoms with Gasteiger partial charge in [0.15, 0.2) is 12.4 Å². The second kappa shape index (κ2) is 22.7. The predicted molar refractivity (Wildman–Crippen MR) is 150 cm³/mol. The van der Waals surface area contributed by atoms with Crippen molar-refractivity contribution < 1.29 is 50.0 Å². The maximum atomic E-state index is 12.1. The van der Waals surface area contributed by atoms with Crippen molar-refractivity contribution in [2.75, 3.05) is 19.8 Å². The van der Waals surface area contributed by atoms with Gasteiger partial charge in [0.2, 0.25) is 0 Å². The number of aliphatic hydroxyl groups excluding tert-OH is 7. The minimum absolute atomic E-state index is 0.346. The molecule has 1 aliphatic rings. The van der Waals surface area contributed by atoms with Gasteiger partial charge in [-0.2, -0.15) is 0 Å². The summed E-state index contributed by atoms with van der Waals surface area (Å²) in [6.07, 6.45) is 6.89. The van der Waals surface area contributed by atoms with Crippen molar-refractivity contribution in [2.24, 2.45) is 0 Å². The number of carbonyl (C=O) groups is 1. The summed E-state index contributed by atoms with van der Waals surface area (Å²) in [6, 6.07) is 0. The molecule has 238 valence electrons. The van der Waals surface area contributed by atoms with Crippen LogP contribution in [0.3, 0.4) is 0 Å². The first-order valence-corrected chi connectivity index (χ1v) is 15.5. The topological polar surface area (TPSA) is 189 Å². The summed E-state index contributed by atoms with van der Waals surface area (Å²) >= 11 is 0. The molecular weight excluding hydrogens is 522 g/mol. The second-order valence-corrected chi connectivity index (χ2v) is 11.1. The smallest absolute Gasteiger partial charge is 0.251 e. The van der Waals surface area contributed by atoms with Crippen LogP contribution in [0.15, 0.2) is 0 Å². The monoisotopic (exact) mass is 579 g/mol. The van der Waals surface area contributed by atoms with E-state index in [-0.39, 0.29) is 0 Å². The Labute approximate surface area is 239 Å². The van der Waals surface area contributed by atoms with Crippen molar-refractivity contribution in [3.8, 4) is 0 Å². The van der Waals surface area contributed by atoms with Crippen LogP contribution in [0.5, 0.6) is 0 Å². The molecule has 8 N–H and O–H groups in total. The molecule has 8 atom stereocenters. The summed E-state index contributed by atoms with van der Waals surface area (Å²) in [6.45, 7) is 1.30. The number of rotatable bonds is 24. The molecule has 40 heavy (non-hydrogen) atoms. The Hall–Kier alpha value is -0.890. The van der Waals surface area contributed by atoms with Gasteiger partial charge in [0.1, 0.15) is 36.6 Å². The molecule has 0 aromatic rings. The van der Waals surface area contributed by atoms with Gasteiger partial charge < -0.3 is 50.5 Å². The fourth-order valence-corrected chi connectivity index (χ4v) is 4.85. The standard InChI is InChI=1S/C29H57NO10/c1-2-3-4-5-6-7-8-9-10-11-12-13-14-15-16-17-18-30-28(38)26(36)23(33)21(32)20-39-29-27(37)25(35)24(34)22(19-31)40-29/h21-27,29,31-37H,2-20H2,1H3,(H,30,38)/t21-,22-,23-,24-,25+,26+,27-,29+/m1/s1. The van der Waals surface area contributed by atoms with E-state index < -0.39 is 68.1 Å². The van der Waals surface area contributed by atoms with Crippen LogP contribution in [0.4, 0.5) is 0 Å². The average molecular weight is 580 g/mol. The van der Waals surface area contributed by atoms with Gasteiger partial charge in [0, 0.05) is 6.54 Å². The van der Waals surface area contributed by atoms with Gasteiger partial charge in [-0.25, -0.2) is 0 Å². The van der Waals surface area contributed by atoms with Crippen LogP contribution >= 0.6 is 0 Å². The minimum atomic E-state index is -1.89. The molecule has 11 nitrogen and oxygen atoms in total. The summed E-state index contributed by atoms with van der Waals surface area (Å²) in [7, 11) is 0. The average Bonchev–Trinajstić information content (AvgIpc) is 2.96. The number of nitrogens with one attached hydrogen (secondary N) is 1. The van der Waals surface area contributed by atoms with Gasteiger partial charge in [0.05, 0.1) is 13.2 Å². The van der Waals surface area contributed by atoms with E-state index in [4.69, 9.17) is 9.47 Å². The summed E-state index contributed by atoms with van der Waals surface area (Å²) in [5, 5.41) is 71.5. The maximum Gasteiger partial charge on any atom is 0.251 e. The van der Waals surface area contributed by atoms with E-state index in [0.29, 0.717) is 6.54 Å². The molecule has 1 aliphatic heterocycles. The third-order valence-corrected chi connectivity index (χ3v) is 7.60. The Morgan fingerprint density at radius 2 is 1.23 bits per heavy atom. The molecule has 1 rings (SSSR count). The molecule has 0 radical (unpaired) electrons. The summed E-state index contributed by atoms with van der Waals surface area (Å²) in [5.41, 5.74) is 0. The molecule has 1 saturated heterocycles. The third-order valence-electron chi connectivity index (χ3n) is 7.60. The molecule has 0 saturated carbocycles. The maximum absolute atomic E-state index is 12.1. The number of unbranched alkanes of at least 4 members (excludes halogenated alkanes) is 15. The number of hydrogen-bond acceptors (Lipinski definition) is 10. The molecule has 0 bridgehead atoms. The summed E-state index contributed by atoms with van der Waals surface area (Å²) in [4.78, 5) is 12.1. The van der Waals surface area contributed by atoms with Crippen molar-refractivity contribution >= 4 is 5.91 Å². The highest BCUT2D eigenvalue weighted by Gasteiger charge is 2.44. The fraction of sp³-hybridized carbons (Fsp3) is 0.966. The minimum Gasteiger partial charge on any atom is -0.394 e. The van der Waals surface area contributed by atoms with Crippen LogP contribution in [0.25, 0.3) is 0 Å². The molecule has 0 aromatic carbocycles. The molecule has 0 aromatic heterocycles. The Bertz CT molecular complexity index is 626. The molecular formula is C29H57NO10. The zero-order valence-electron chi connectivity index (χ0n) is 24.4. The van der Waals surface area contributed by atoms with E-state index in [0.717, 1.165) is 25.7 Å². The molecule has 1 heterocycles. The molecule has 0 aliphatic carbocycles. The summed E-state index contributed by atoms with van der Waals surface area (Å²) < 4.78 is 10.3. The molecule has 0 unspecified atom stereocenters. The number of carbonyl (C=O) groups excluding carboxylic acids is 1. The van der Waals surface area contributed by atoms with Crippen LogP contribution in [0.2, 0.25) is 0 Å². The third kappa shape index (κ3) is 14.8. The SMILES string of the molecule is CCCCCCCCCCCCCCCCCCNC(=O)[C@@H](O)[C@H](O)[C@H](O)CO[C@H]1O[C@H](CO)[C@@H](O)[C@H](O)[C@H]1O. The molecule has 0 spiro atoms. The molecule has 11 heteroatoms. The lowest BCUT2D eigenvalue weighted by molar-refractivity contribution is -0.306. The van der Waals surface area contributed by atoms with Gasteiger partial charge in [-0.05, 0) is 6.42 Å². The lowest BCUT2D eigenvalue weighted by Crippen LogP contribution is -2.59. The van der Waals surface area contributed by atoms with Crippen LogP contribution < -0.4 is 5.32 Å². The van der Waals surface area contributed by atoms with Gasteiger partial charge in [-0.1, -0.05) is 103 Å². The van der Waals surface area contributed by atoms with E-state index in [2.05, 4.69) is 12.2 Å². The van der Waals surface area contributed by atoms with Crippen LogP contribution in [-0.2, 0) is 14.3 Å². The predicted octanol–water partition coefficient (Wildman–Crippen LogP) is 1.26. The Morgan fingerprint density at radius 3 is 1.70 bits per heavy atom. The Morgan fingerprint density at radius 1 is 0.750 bits per heavy atom. The normalized spacial score (nSPS) is 25.4. The second-order valence-electron chi connectivity index (χ2n) is 11.1. The van der Waals surface area contributed by atoms with Gasteiger partial charge >= 0.3 is 0 Å². The molecule has 1 amide bonds. The lowest BCUT2D eigenvalue weighted by atomic mass is 9.99.